The lowest BCUT2D eigenvalue weighted by Crippen LogP contribution is -2.41. The number of halogens is 5. The average Bonchev–Trinajstić information content (AvgIpc) is 3.56. The number of carbonyl (C=O) groups is 3. The topological polar surface area (TPSA) is 167 Å². The highest BCUT2D eigenvalue weighted by Gasteiger charge is 2.51. The minimum absolute atomic E-state index is 0.0694. The van der Waals surface area contributed by atoms with Crippen LogP contribution >= 0.6 is 15.9 Å². The molecule has 1 saturated heterocycles. The van der Waals surface area contributed by atoms with Gasteiger partial charge < -0.3 is 40.0 Å². The number of ether oxygens (including phenoxy) is 2. The van der Waals surface area contributed by atoms with Crippen LogP contribution in [0.15, 0.2) is 77.3 Å². The largest absolute Gasteiger partial charge is 0.494 e. The molecule has 4 aromatic rings. The van der Waals surface area contributed by atoms with Crippen LogP contribution in [0.1, 0.15) is 149 Å². The van der Waals surface area contributed by atoms with Crippen molar-refractivity contribution in [1.29, 1.82) is 0 Å². The summed E-state index contributed by atoms with van der Waals surface area (Å²) in [6.07, 6.45) is 9.65. The number of hydrogen-bond acceptors (Lipinski definition) is 9. The Morgan fingerprint density at radius 2 is 1.21 bits per heavy atom. The molecule has 17 heteroatoms. The third-order valence-corrected chi connectivity index (χ3v) is 15.1. The quantitative estimate of drug-likeness (QED) is 0.0312. The summed E-state index contributed by atoms with van der Waals surface area (Å²) in [6, 6.07) is 20.4. The third kappa shape index (κ3) is 19.0. The van der Waals surface area contributed by atoms with Crippen LogP contribution in [0, 0.1) is 45.9 Å². The van der Waals surface area contributed by atoms with Gasteiger partial charge in [-0.1, -0.05) is 65.8 Å². The van der Waals surface area contributed by atoms with Crippen molar-refractivity contribution >= 4 is 46.7 Å². The maximum atomic E-state index is 15.1. The summed E-state index contributed by atoms with van der Waals surface area (Å²) in [4.78, 5) is 30.2. The molecule has 3 aliphatic rings. The predicted octanol–water partition coefficient (Wildman–Crippen LogP) is 13.1. The van der Waals surface area contributed by atoms with Crippen LogP contribution in [0.25, 0.3) is 11.1 Å². The Labute approximate surface area is 450 Å². The van der Waals surface area contributed by atoms with Crippen molar-refractivity contribution < 1.29 is 60.9 Å². The molecule has 3 fully saturated rings. The van der Waals surface area contributed by atoms with Crippen LogP contribution in [0.2, 0.25) is 0 Å². The molecular formula is C58H78BBrF4N2O9. The summed E-state index contributed by atoms with van der Waals surface area (Å²) in [5.41, 5.74) is 6.23. The van der Waals surface area contributed by atoms with E-state index in [0.717, 1.165) is 61.7 Å². The molecule has 1 heterocycles. The lowest BCUT2D eigenvalue weighted by atomic mass is 9.72. The van der Waals surface area contributed by atoms with Crippen LogP contribution in [0.5, 0.6) is 11.5 Å². The second-order valence-electron chi connectivity index (χ2n) is 22.6. The molecular weight excluding hydrogens is 1040 g/mol. The highest BCUT2D eigenvalue weighted by molar-refractivity contribution is 9.10. The van der Waals surface area contributed by atoms with E-state index in [4.69, 9.17) is 34.7 Å². The smallest absolute Gasteiger partial charge is 0.490 e. The number of hydrogen-bond donors (Lipinski definition) is 4. The maximum Gasteiger partial charge on any atom is 0.494 e. The first kappa shape index (κ1) is 62.7. The minimum atomic E-state index is -0.962. The van der Waals surface area contributed by atoms with Crippen molar-refractivity contribution in [2.45, 2.75) is 163 Å². The van der Waals surface area contributed by atoms with Gasteiger partial charge in [0.05, 0.1) is 46.3 Å². The van der Waals surface area contributed by atoms with Crippen LogP contribution in [-0.4, -0.2) is 72.1 Å². The molecule has 0 amide bonds. The van der Waals surface area contributed by atoms with Crippen molar-refractivity contribution in [3.8, 4) is 22.6 Å². The van der Waals surface area contributed by atoms with Gasteiger partial charge in [0, 0.05) is 30.8 Å². The van der Waals surface area contributed by atoms with E-state index >= 15 is 4.39 Å². The number of aliphatic carboxylic acids is 2. The van der Waals surface area contributed by atoms with Gasteiger partial charge in [-0.05, 0) is 177 Å². The van der Waals surface area contributed by atoms with Crippen LogP contribution in [-0.2, 0) is 25.4 Å². The zero-order valence-corrected chi connectivity index (χ0v) is 46.9. The van der Waals surface area contributed by atoms with E-state index in [1.54, 1.807) is 12.1 Å². The van der Waals surface area contributed by atoms with Crippen molar-refractivity contribution in [2.75, 3.05) is 13.1 Å². The normalized spacial score (nSPS) is 20.0. The van der Waals surface area contributed by atoms with Crippen LogP contribution < -0.4 is 26.0 Å². The highest BCUT2D eigenvalue weighted by atomic mass is 79.9. The van der Waals surface area contributed by atoms with E-state index in [2.05, 4.69) is 103 Å². The summed E-state index contributed by atoms with van der Waals surface area (Å²) < 4.78 is 79.6. The Bertz CT molecular complexity index is 2490. The molecule has 7 rings (SSSR count). The first-order valence-electron chi connectivity index (χ1n) is 25.9. The highest BCUT2D eigenvalue weighted by Crippen LogP contribution is 2.41. The number of benzene rings is 4. The van der Waals surface area contributed by atoms with E-state index in [-0.39, 0.29) is 73.2 Å². The van der Waals surface area contributed by atoms with E-state index < -0.39 is 40.8 Å². The Morgan fingerprint density at radius 1 is 0.720 bits per heavy atom. The predicted molar refractivity (Wildman–Crippen MR) is 290 cm³/mol. The number of rotatable bonds is 14. The van der Waals surface area contributed by atoms with Gasteiger partial charge in [-0.3, -0.25) is 14.4 Å². The fourth-order valence-corrected chi connectivity index (χ4v) is 9.44. The lowest BCUT2D eigenvalue weighted by Gasteiger charge is -2.37. The Morgan fingerprint density at radius 3 is 1.67 bits per heavy atom. The van der Waals surface area contributed by atoms with Gasteiger partial charge >= 0.3 is 19.1 Å². The van der Waals surface area contributed by atoms with E-state index in [1.165, 1.54) is 31.0 Å². The van der Waals surface area contributed by atoms with Gasteiger partial charge in [0.15, 0.2) is 12.1 Å². The molecule has 11 nitrogen and oxygen atoms in total. The SMILES string of the molecule is CC(C)(C)C1CCC(Oc2cccc(-c3ccc(F)c(CNCCC(=O)O)c3F)c2)CC1.CC(C)(C)C1CCC(Oc2cccc(B3OC(C)(C)C(C)(C)O3)c2)CC1.NCCC(=O)O.O=Cc1c(F)ccc(Br)c1F. The maximum absolute atomic E-state index is 15.1. The molecule has 0 radical (unpaired) electrons. The molecule has 0 atom stereocenters. The monoisotopic (exact) mass is 1110 g/mol. The van der Waals surface area contributed by atoms with E-state index in [1.807, 2.05) is 24.3 Å². The molecule has 1 aliphatic heterocycles. The second kappa shape index (κ2) is 28.0. The summed E-state index contributed by atoms with van der Waals surface area (Å²) in [5.74, 6) is -1.69. The summed E-state index contributed by atoms with van der Waals surface area (Å²) in [7, 11) is -0.333. The number of carboxylic acid groups (broad SMARTS) is 2. The number of nitrogens with two attached hydrogens (primary N) is 1. The van der Waals surface area contributed by atoms with Gasteiger partial charge in [0.2, 0.25) is 0 Å². The number of carbonyl (C=O) groups excluding carboxylic acids is 1. The summed E-state index contributed by atoms with van der Waals surface area (Å²) >= 11 is 2.82. The zero-order chi connectivity index (χ0) is 55.9. The Hall–Kier alpha value is -4.81. The fourth-order valence-electron chi connectivity index (χ4n) is 9.09. The van der Waals surface area contributed by atoms with E-state index in [0.29, 0.717) is 39.7 Å². The average molecular weight is 1110 g/mol. The van der Waals surface area contributed by atoms with Crippen molar-refractivity contribution in [3.63, 3.8) is 0 Å². The molecule has 0 bridgehead atoms. The number of nitrogens with one attached hydrogen (secondary N) is 1. The standard InChI is InChI=1S/C26H33F2NO3.C22H35BO3.C7H3BrF2O.C3H7NO2/c1-26(2,3)18-7-9-19(10-8-18)32-20-6-4-5-17(15-20)21-11-12-23(27)22(25(21)28)16-29-14-13-24(30)31;1-20(2,3)16-11-13-18(14-12-16)24-19-10-8-9-17(15-19)23-25-21(4,5)22(6,7)26-23;8-5-1-2-6(9)4(3-11)7(5)10;4-2-1-3(5)6/h4-6,11-12,15,18-19,29H,7-10,13-14,16H2,1-3H3,(H,30,31);8-10,15-16,18H,11-14H2,1-7H3;1-3H;1-2,4H2,(H,5,6). The van der Waals surface area contributed by atoms with Crippen LogP contribution in [0.3, 0.4) is 0 Å². The summed E-state index contributed by atoms with van der Waals surface area (Å²) in [6.45, 7) is 22.6. The molecule has 0 unspecified atom stereocenters. The van der Waals surface area contributed by atoms with E-state index in [9.17, 15) is 27.6 Å². The Kier molecular flexibility index (Phi) is 23.4. The molecule has 5 N–H and O–H groups in total. The molecule has 0 aromatic heterocycles. The van der Waals surface area contributed by atoms with Gasteiger partial charge in [-0.15, -0.1) is 0 Å². The van der Waals surface area contributed by atoms with Crippen molar-refractivity contribution in [1.82, 2.24) is 5.32 Å². The van der Waals surface area contributed by atoms with Gasteiger partial charge in [0.1, 0.15) is 29.0 Å². The summed E-state index contributed by atoms with van der Waals surface area (Å²) in [5, 5.41) is 19.3. The van der Waals surface area contributed by atoms with Crippen molar-refractivity contribution in [2.24, 2.45) is 28.4 Å². The van der Waals surface area contributed by atoms with Gasteiger partial charge in [0.25, 0.3) is 0 Å². The molecule has 75 heavy (non-hydrogen) atoms. The third-order valence-electron chi connectivity index (χ3n) is 14.5. The first-order chi connectivity index (χ1) is 35.1. The minimum Gasteiger partial charge on any atom is -0.490 e. The second-order valence-corrected chi connectivity index (χ2v) is 23.5. The zero-order valence-electron chi connectivity index (χ0n) is 45.3. The molecule has 2 saturated carbocycles. The fraction of sp³-hybridized carbons (Fsp3) is 0.534. The first-order valence-corrected chi connectivity index (χ1v) is 26.6. The molecule has 2 aliphatic carbocycles. The molecule has 412 valence electrons. The van der Waals surface area contributed by atoms with Crippen molar-refractivity contribution in [3.05, 3.63) is 112 Å². The Balaban J connectivity index is 0.000000251. The molecule has 0 spiro atoms. The number of carboxylic acids is 2. The van der Waals surface area contributed by atoms with Crippen LogP contribution in [0.4, 0.5) is 17.6 Å². The number of aldehydes is 1. The van der Waals surface area contributed by atoms with Gasteiger partial charge in [-0.2, -0.15) is 0 Å². The van der Waals surface area contributed by atoms with Gasteiger partial charge in [-0.25, -0.2) is 17.6 Å². The lowest BCUT2D eigenvalue weighted by molar-refractivity contribution is -0.137. The molecule has 4 aromatic carbocycles.